The highest BCUT2D eigenvalue weighted by Crippen LogP contribution is 2.33. The molecule has 1 fully saturated rings. The van der Waals surface area contributed by atoms with Crippen molar-refractivity contribution in [3.05, 3.63) is 64.8 Å². The van der Waals surface area contributed by atoms with E-state index in [0.717, 1.165) is 65.1 Å². The Morgan fingerprint density at radius 3 is 2.64 bits per heavy atom. The van der Waals surface area contributed by atoms with Crippen molar-refractivity contribution in [3.63, 3.8) is 0 Å². The van der Waals surface area contributed by atoms with Crippen LogP contribution in [0.25, 0.3) is 16.2 Å². The lowest BCUT2D eigenvalue weighted by Crippen LogP contribution is -2.33. The van der Waals surface area contributed by atoms with E-state index in [2.05, 4.69) is 50.6 Å². The number of hydrogen-bond donors (Lipinski definition) is 1. The average molecular weight is 461 g/mol. The molecule has 1 aliphatic rings. The number of nitrogens with one attached hydrogen (secondary N) is 1. The van der Waals surface area contributed by atoms with Crippen LogP contribution < -0.4 is 10.2 Å². The number of carbonyl (C=O) groups excluding carboxylic acids is 1. The molecule has 0 aromatic carbocycles. The normalized spacial score (nSPS) is 14.7. The van der Waals surface area contributed by atoms with Crippen LogP contribution in [0.1, 0.15) is 46.4 Å². The van der Waals surface area contributed by atoms with Crippen molar-refractivity contribution in [1.82, 2.24) is 24.7 Å². The number of rotatable bonds is 5. The fourth-order valence-corrected chi connectivity index (χ4v) is 5.09. The summed E-state index contributed by atoms with van der Waals surface area (Å²) in [6, 6.07) is 6.22. The van der Waals surface area contributed by atoms with Crippen molar-refractivity contribution >= 4 is 28.6 Å². The predicted molar refractivity (Wildman–Crippen MR) is 132 cm³/mol. The predicted octanol–water partition coefficient (Wildman–Crippen LogP) is 4.64. The molecule has 170 valence electrons. The van der Waals surface area contributed by atoms with Crippen LogP contribution in [-0.2, 0) is 6.54 Å². The van der Waals surface area contributed by atoms with E-state index in [9.17, 15) is 4.79 Å². The zero-order chi connectivity index (χ0) is 22.9. The molecule has 0 radical (unpaired) electrons. The molecule has 0 unspecified atom stereocenters. The molecule has 0 bridgehead atoms. The van der Waals surface area contributed by atoms with E-state index in [-0.39, 0.29) is 5.91 Å². The van der Waals surface area contributed by atoms with Crippen molar-refractivity contribution in [2.45, 2.75) is 40.2 Å². The Morgan fingerprint density at radius 1 is 1.12 bits per heavy atom. The summed E-state index contributed by atoms with van der Waals surface area (Å²) in [4.78, 5) is 31.3. The number of piperidine rings is 1. The number of amides is 1. The molecule has 4 aromatic rings. The second kappa shape index (κ2) is 8.94. The van der Waals surface area contributed by atoms with Crippen LogP contribution in [0.4, 0.5) is 5.69 Å². The Hall–Kier alpha value is -3.26. The summed E-state index contributed by atoms with van der Waals surface area (Å²) in [5, 5.41) is 3.00. The molecule has 0 aliphatic carbocycles. The lowest BCUT2D eigenvalue weighted by atomic mass is 9.99. The summed E-state index contributed by atoms with van der Waals surface area (Å²) >= 11 is 1.73. The molecule has 0 atom stereocenters. The zero-order valence-corrected chi connectivity index (χ0v) is 20.0. The molecule has 33 heavy (non-hydrogen) atoms. The number of pyridine rings is 1. The third kappa shape index (κ3) is 4.48. The monoisotopic (exact) mass is 460 g/mol. The van der Waals surface area contributed by atoms with Gasteiger partial charge in [-0.1, -0.05) is 6.92 Å². The first-order chi connectivity index (χ1) is 16.0. The minimum Gasteiger partial charge on any atom is -0.368 e. The summed E-state index contributed by atoms with van der Waals surface area (Å²) in [6.45, 7) is 8.58. The minimum atomic E-state index is -0.132. The topological polar surface area (TPSA) is 75.4 Å². The maximum Gasteiger partial charge on any atom is 0.253 e. The van der Waals surface area contributed by atoms with Crippen LogP contribution in [0.5, 0.6) is 0 Å². The first-order valence-electron chi connectivity index (χ1n) is 11.4. The summed E-state index contributed by atoms with van der Waals surface area (Å²) in [5.74, 6) is 0.594. The van der Waals surface area contributed by atoms with Gasteiger partial charge < -0.3 is 10.2 Å². The summed E-state index contributed by atoms with van der Waals surface area (Å²) in [7, 11) is 0. The molecule has 7 nitrogen and oxygen atoms in total. The third-order valence-electron chi connectivity index (χ3n) is 6.23. The van der Waals surface area contributed by atoms with Gasteiger partial charge in [0, 0.05) is 30.4 Å². The third-order valence-corrected chi connectivity index (χ3v) is 7.25. The maximum atomic E-state index is 13.2. The van der Waals surface area contributed by atoms with E-state index in [1.807, 2.05) is 25.4 Å². The van der Waals surface area contributed by atoms with Gasteiger partial charge >= 0.3 is 0 Å². The molecule has 0 spiro atoms. The molecule has 1 N–H and O–H groups in total. The molecule has 5 rings (SSSR count). The highest BCUT2D eigenvalue weighted by molar-refractivity contribution is 7.15. The smallest absolute Gasteiger partial charge is 0.253 e. The molecular formula is C25H28N6OS. The lowest BCUT2D eigenvalue weighted by Gasteiger charge is -2.32. The van der Waals surface area contributed by atoms with Gasteiger partial charge in [-0.15, -0.1) is 11.3 Å². The number of carbonyl (C=O) groups is 1. The standard InChI is InChI=1S/C25H28N6OS/c1-16-6-8-30(9-7-16)21-10-19(25(32)29-13-20-12-26-17(2)11-27-20)15-31-22(14-28-24(21)31)23-5-4-18(3)33-23/h4-5,10-12,14-16H,6-9,13H2,1-3H3,(H,29,32). The first kappa shape index (κ1) is 21.6. The number of hydrogen-bond acceptors (Lipinski definition) is 6. The van der Waals surface area contributed by atoms with Gasteiger partial charge in [-0.3, -0.25) is 19.2 Å². The zero-order valence-electron chi connectivity index (χ0n) is 19.2. The van der Waals surface area contributed by atoms with Crippen LogP contribution in [0.2, 0.25) is 0 Å². The largest absolute Gasteiger partial charge is 0.368 e. The molecule has 1 aliphatic heterocycles. The van der Waals surface area contributed by atoms with Gasteiger partial charge in [0.1, 0.15) is 0 Å². The van der Waals surface area contributed by atoms with Gasteiger partial charge in [0.15, 0.2) is 5.65 Å². The Bertz CT molecular complexity index is 1280. The van der Waals surface area contributed by atoms with E-state index in [4.69, 9.17) is 4.98 Å². The fourth-order valence-electron chi connectivity index (χ4n) is 4.21. The summed E-state index contributed by atoms with van der Waals surface area (Å²) < 4.78 is 2.07. The Balaban J connectivity index is 1.51. The van der Waals surface area contributed by atoms with Crippen LogP contribution >= 0.6 is 11.3 Å². The number of nitrogens with zero attached hydrogens (tertiary/aromatic N) is 5. The molecule has 8 heteroatoms. The number of aromatic nitrogens is 4. The second-order valence-electron chi connectivity index (χ2n) is 8.86. The lowest BCUT2D eigenvalue weighted by molar-refractivity contribution is 0.0950. The Kier molecular flexibility index (Phi) is 5.85. The number of imidazole rings is 1. The van der Waals surface area contributed by atoms with Crippen molar-refractivity contribution in [2.75, 3.05) is 18.0 Å². The molecule has 1 amide bonds. The van der Waals surface area contributed by atoms with Gasteiger partial charge in [0.2, 0.25) is 0 Å². The van der Waals surface area contributed by atoms with Crippen molar-refractivity contribution in [3.8, 4) is 10.6 Å². The maximum absolute atomic E-state index is 13.2. The van der Waals surface area contributed by atoms with Crippen molar-refractivity contribution in [1.29, 1.82) is 0 Å². The van der Waals surface area contributed by atoms with Crippen LogP contribution in [0.15, 0.2) is 43.0 Å². The number of thiophene rings is 1. The molecule has 5 heterocycles. The first-order valence-corrected chi connectivity index (χ1v) is 12.2. The Morgan fingerprint density at radius 2 is 1.94 bits per heavy atom. The molecule has 1 saturated heterocycles. The SMILES string of the molecule is Cc1cnc(CNC(=O)c2cc(N3CCC(C)CC3)c3ncc(-c4ccc(C)s4)n3c2)cn1. The fraction of sp³-hybridized carbons (Fsp3) is 0.360. The average Bonchev–Trinajstić information content (AvgIpc) is 3.44. The van der Waals surface area contributed by atoms with Crippen LogP contribution in [0.3, 0.4) is 0 Å². The molecular weight excluding hydrogens is 432 g/mol. The quantitative estimate of drug-likeness (QED) is 0.470. The van der Waals surface area contributed by atoms with E-state index < -0.39 is 0 Å². The number of fused-ring (bicyclic) bond motifs is 1. The van der Waals surface area contributed by atoms with E-state index in [1.54, 1.807) is 23.7 Å². The van der Waals surface area contributed by atoms with E-state index >= 15 is 0 Å². The van der Waals surface area contributed by atoms with E-state index in [1.165, 1.54) is 4.88 Å². The highest BCUT2D eigenvalue weighted by atomic mass is 32.1. The van der Waals surface area contributed by atoms with E-state index in [0.29, 0.717) is 12.1 Å². The highest BCUT2D eigenvalue weighted by Gasteiger charge is 2.22. The summed E-state index contributed by atoms with van der Waals surface area (Å²) in [6.07, 6.45) is 9.52. The number of anilines is 1. The minimum absolute atomic E-state index is 0.132. The van der Waals surface area contributed by atoms with Crippen molar-refractivity contribution < 1.29 is 4.79 Å². The van der Waals surface area contributed by atoms with Crippen LogP contribution in [-0.4, -0.2) is 38.3 Å². The van der Waals surface area contributed by atoms with Gasteiger partial charge in [0.25, 0.3) is 5.91 Å². The van der Waals surface area contributed by atoms with Gasteiger partial charge in [-0.2, -0.15) is 0 Å². The second-order valence-corrected chi connectivity index (χ2v) is 10.2. The van der Waals surface area contributed by atoms with Crippen molar-refractivity contribution in [2.24, 2.45) is 5.92 Å². The summed E-state index contributed by atoms with van der Waals surface area (Å²) in [5.41, 5.74) is 5.12. The van der Waals surface area contributed by atoms with Crippen LogP contribution in [0, 0.1) is 19.8 Å². The Labute approximate surface area is 197 Å². The molecule has 0 saturated carbocycles. The van der Waals surface area contributed by atoms with Gasteiger partial charge in [-0.25, -0.2) is 4.98 Å². The molecule has 4 aromatic heterocycles. The number of aryl methyl sites for hydroxylation is 2. The van der Waals surface area contributed by atoms with Gasteiger partial charge in [0.05, 0.1) is 52.1 Å². The van der Waals surface area contributed by atoms with Gasteiger partial charge in [-0.05, 0) is 50.8 Å².